The summed E-state index contributed by atoms with van der Waals surface area (Å²) in [6.45, 7) is 6.31. The second-order valence-electron chi connectivity index (χ2n) is 6.85. The molecule has 7 heteroatoms. The maximum absolute atomic E-state index is 12.9. The molecule has 144 valence electrons. The number of hydrogen-bond donors (Lipinski definition) is 2. The van der Waals surface area contributed by atoms with E-state index < -0.39 is 10.0 Å². The highest BCUT2D eigenvalue weighted by Crippen LogP contribution is 2.36. The Kier molecular flexibility index (Phi) is 5.26. The molecule has 1 aliphatic rings. The largest absolute Gasteiger partial charge is 0.493 e. The summed E-state index contributed by atoms with van der Waals surface area (Å²) < 4.78 is 32.2. The molecule has 27 heavy (non-hydrogen) atoms. The van der Waals surface area contributed by atoms with Crippen LogP contribution in [0.15, 0.2) is 35.2 Å². The van der Waals surface area contributed by atoms with Crippen LogP contribution in [0.4, 0.5) is 0 Å². The SMILES string of the molecule is CNS(=O)(=O)c1ccc(C)c(C(=O)NC2CCOc3c(C)cc(C)cc32)c1. The Hall–Kier alpha value is -2.38. The number of carbonyl (C=O) groups is 1. The monoisotopic (exact) mass is 388 g/mol. The van der Waals surface area contributed by atoms with Crippen LogP contribution >= 0.6 is 0 Å². The molecule has 0 saturated heterocycles. The number of rotatable bonds is 4. The van der Waals surface area contributed by atoms with Gasteiger partial charge in [-0.25, -0.2) is 13.1 Å². The van der Waals surface area contributed by atoms with Crippen molar-refractivity contribution in [3.63, 3.8) is 0 Å². The lowest BCUT2D eigenvalue weighted by molar-refractivity contribution is 0.0923. The second-order valence-corrected chi connectivity index (χ2v) is 8.73. The van der Waals surface area contributed by atoms with Crippen molar-refractivity contribution in [1.82, 2.24) is 10.0 Å². The van der Waals surface area contributed by atoms with Crippen LogP contribution < -0.4 is 14.8 Å². The van der Waals surface area contributed by atoms with E-state index in [1.165, 1.54) is 19.2 Å². The lowest BCUT2D eigenvalue weighted by Gasteiger charge is -2.28. The molecule has 2 N–H and O–H groups in total. The number of hydrogen-bond acceptors (Lipinski definition) is 4. The molecular formula is C20H24N2O4S. The number of aryl methyl sites for hydroxylation is 3. The van der Waals surface area contributed by atoms with E-state index in [0.29, 0.717) is 18.6 Å². The minimum atomic E-state index is -3.61. The average molecular weight is 388 g/mol. The zero-order chi connectivity index (χ0) is 19.8. The maximum Gasteiger partial charge on any atom is 0.252 e. The molecule has 2 aromatic rings. The number of carbonyl (C=O) groups excluding carboxylic acids is 1. The molecule has 0 aliphatic carbocycles. The van der Waals surface area contributed by atoms with Gasteiger partial charge in [-0.05, 0) is 51.1 Å². The van der Waals surface area contributed by atoms with Crippen molar-refractivity contribution in [2.75, 3.05) is 13.7 Å². The number of benzene rings is 2. The van der Waals surface area contributed by atoms with Crippen molar-refractivity contribution in [3.8, 4) is 5.75 Å². The number of fused-ring (bicyclic) bond motifs is 1. The molecule has 0 saturated carbocycles. The van der Waals surface area contributed by atoms with Gasteiger partial charge in [0.15, 0.2) is 0 Å². The molecule has 0 radical (unpaired) electrons. The predicted molar refractivity (Wildman–Crippen MR) is 104 cm³/mol. The Morgan fingerprint density at radius 3 is 2.56 bits per heavy atom. The third kappa shape index (κ3) is 3.84. The minimum Gasteiger partial charge on any atom is -0.493 e. The molecule has 6 nitrogen and oxygen atoms in total. The highest BCUT2D eigenvalue weighted by Gasteiger charge is 2.26. The van der Waals surface area contributed by atoms with Gasteiger partial charge in [-0.3, -0.25) is 4.79 Å². The highest BCUT2D eigenvalue weighted by atomic mass is 32.2. The van der Waals surface area contributed by atoms with E-state index >= 15 is 0 Å². The summed E-state index contributed by atoms with van der Waals surface area (Å²) in [7, 11) is -2.27. The Morgan fingerprint density at radius 2 is 1.85 bits per heavy atom. The van der Waals surface area contributed by atoms with E-state index in [9.17, 15) is 13.2 Å². The normalized spacial score (nSPS) is 16.4. The summed E-state index contributed by atoms with van der Waals surface area (Å²) >= 11 is 0. The van der Waals surface area contributed by atoms with E-state index in [4.69, 9.17) is 4.74 Å². The van der Waals surface area contributed by atoms with Crippen LogP contribution in [-0.4, -0.2) is 28.0 Å². The fourth-order valence-corrected chi connectivity index (χ4v) is 4.15. The van der Waals surface area contributed by atoms with Gasteiger partial charge < -0.3 is 10.1 Å². The maximum atomic E-state index is 12.9. The number of nitrogens with one attached hydrogen (secondary N) is 2. The first kappa shape index (κ1) is 19.4. The van der Waals surface area contributed by atoms with Gasteiger partial charge in [0, 0.05) is 17.5 Å². The Morgan fingerprint density at radius 1 is 1.11 bits per heavy atom. The molecule has 0 fully saturated rings. The smallest absolute Gasteiger partial charge is 0.252 e. The van der Waals surface area contributed by atoms with Gasteiger partial charge in [0.25, 0.3) is 5.91 Å². The first-order chi connectivity index (χ1) is 12.7. The van der Waals surface area contributed by atoms with Crippen LogP contribution in [-0.2, 0) is 10.0 Å². The molecule has 1 unspecified atom stereocenters. The third-order valence-electron chi connectivity index (χ3n) is 4.81. The Balaban J connectivity index is 1.93. The van der Waals surface area contributed by atoms with E-state index in [-0.39, 0.29) is 16.8 Å². The van der Waals surface area contributed by atoms with Crippen LogP contribution in [0.25, 0.3) is 0 Å². The summed E-state index contributed by atoms with van der Waals surface area (Å²) in [6.07, 6.45) is 0.662. The summed E-state index contributed by atoms with van der Waals surface area (Å²) in [5.74, 6) is 0.526. The highest BCUT2D eigenvalue weighted by molar-refractivity contribution is 7.89. The van der Waals surface area contributed by atoms with Crippen molar-refractivity contribution in [3.05, 3.63) is 58.1 Å². The molecule has 0 bridgehead atoms. The molecule has 1 atom stereocenters. The van der Waals surface area contributed by atoms with Crippen LogP contribution in [0.1, 0.15) is 45.1 Å². The van der Waals surface area contributed by atoms with Gasteiger partial charge in [0.05, 0.1) is 17.5 Å². The fourth-order valence-electron chi connectivity index (χ4n) is 3.39. The number of ether oxygens (including phenoxy) is 1. The first-order valence-electron chi connectivity index (χ1n) is 8.82. The van der Waals surface area contributed by atoms with Gasteiger partial charge in [-0.1, -0.05) is 23.8 Å². The average Bonchev–Trinajstić information content (AvgIpc) is 2.62. The number of sulfonamides is 1. The van der Waals surface area contributed by atoms with E-state index in [1.54, 1.807) is 13.0 Å². The predicted octanol–water partition coefficient (Wildman–Crippen LogP) is 2.77. The van der Waals surface area contributed by atoms with Gasteiger partial charge in [-0.15, -0.1) is 0 Å². The molecule has 1 aliphatic heterocycles. The fraction of sp³-hybridized carbons (Fsp3) is 0.350. The van der Waals surface area contributed by atoms with Crippen molar-refractivity contribution < 1.29 is 17.9 Å². The zero-order valence-electron chi connectivity index (χ0n) is 15.9. The van der Waals surface area contributed by atoms with Gasteiger partial charge in [0.1, 0.15) is 5.75 Å². The van der Waals surface area contributed by atoms with Crippen molar-refractivity contribution >= 4 is 15.9 Å². The lowest BCUT2D eigenvalue weighted by Crippen LogP contribution is -2.33. The topological polar surface area (TPSA) is 84.5 Å². The lowest BCUT2D eigenvalue weighted by atomic mass is 9.95. The summed E-state index contributed by atoms with van der Waals surface area (Å²) in [5.41, 5.74) is 4.18. The van der Waals surface area contributed by atoms with Crippen LogP contribution in [0.5, 0.6) is 5.75 Å². The van der Waals surface area contributed by atoms with E-state index in [2.05, 4.69) is 16.1 Å². The van der Waals surface area contributed by atoms with Crippen LogP contribution in [0, 0.1) is 20.8 Å². The van der Waals surface area contributed by atoms with Crippen LogP contribution in [0.2, 0.25) is 0 Å². The molecule has 1 heterocycles. The molecule has 2 aromatic carbocycles. The minimum absolute atomic E-state index is 0.0693. The van der Waals surface area contributed by atoms with Crippen molar-refractivity contribution in [1.29, 1.82) is 0 Å². The molecular weight excluding hydrogens is 364 g/mol. The number of amides is 1. The molecule has 1 amide bonds. The quantitative estimate of drug-likeness (QED) is 0.844. The standard InChI is InChI=1S/C20H24N2O4S/c1-12-9-14(3)19-17(10-12)18(7-8-26-19)22-20(23)16-11-15(6-5-13(16)2)27(24,25)21-4/h5-6,9-11,18,21H,7-8H2,1-4H3,(H,22,23). The molecule has 0 aromatic heterocycles. The zero-order valence-corrected chi connectivity index (χ0v) is 16.7. The van der Waals surface area contributed by atoms with Crippen molar-refractivity contribution in [2.45, 2.75) is 38.1 Å². The van der Waals surface area contributed by atoms with Crippen molar-refractivity contribution in [2.24, 2.45) is 0 Å². The summed E-state index contributed by atoms with van der Waals surface area (Å²) in [4.78, 5) is 13.0. The van der Waals surface area contributed by atoms with E-state index in [1.807, 2.05) is 19.9 Å². The van der Waals surface area contributed by atoms with Gasteiger partial charge >= 0.3 is 0 Å². The third-order valence-corrected chi connectivity index (χ3v) is 6.23. The molecule has 3 rings (SSSR count). The Labute approximate surface area is 160 Å². The van der Waals surface area contributed by atoms with Crippen LogP contribution in [0.3, 0.4) is 0 Å². The summed E-state index contributed by atoms with van der Waals surface area (Å²) in [6, 6.07) is 8.46. The van der Waals surface area contributed by atoms with Gasteiger partial charge in [0.2, 0.25) is 10.0 Å². The van der Waals surface area contributed by atoms with Gasteiger partial charge in [-0.2, -0.15) is 0 Å². The first-order valence-corrected chi connectivity index (χ1v) is 10.3. The van der Waals surface area contributed by atoms with E-state index in [0.717, 1.165) is 28.0 Å². The summed E-state index contributed by atoms with van der Waals surface area (Å²) in [5, 5.41) is 3.05. The Bertz CT molecular complexity index is 999. The second kappa shape index (κ2) is 7.32. The molecule has 0 spiro atoms.